The number of aromatic nitrogens is 3. The number of benzene rings is 1. The molecule has 4 N–H and O–H groups in total. The van der Waals surface area contributed by atoms with Crippen molar-refractivity contribution >= 4 is 11.0 Å². The number of aliphatic hydroxyl groups is 1. The molecule has 1 heterocycles. The van der Waals surface area contributed by atoms with E-state index in [1.165, 1.54) is 0 Å². The summed E-state index contributed by atoms with van der Waals surface area (Å²) >= 11 is 0. The van der Waals surface area contributed by atoms with Gasteiger partial charge >= 0.3 is 0 Å². The molecule has 0 spiro atoms. The molecule has 0 saturated heterocycles. The van der Waals surface area contributed by atoms with E-state index in [1.54, 1.807) is 0 Å². The van der Waals surface area contributed by atoms with Crippen molar-refractivity contribution in [1.82, 2.24) is 15.4 Å². The highest BCUT2D eigenvalue weighted by atomic mass is 16.3. The highest BCUT2D eigenvalue weighted by Crippen LogP contribution is 2.08. The summed E-state index contributed by atoms with van der Waals surface area (Å²) in [6.45, 7) is 4.07. The van der Waals surface area contributed by atoms with Crippen molar-refractivity contribution in [3.05, 3.63) is 24.3 Å². The molecule has 5 heteroatoms. The zero-order valence-electron chi connectivity index (χ0n) is 10.3. The highest BCUT2D eigenvalue weighted by Gasteiger charge is 2.17. The standard InChI is InChI=1S/C6H5N3.C6H15NO/c1-2-4-6-5(3-1)7-9-8-6;1-3-6(7,4-2)5-8/h1-4H,(H,7,8,9);8H,3-5,7H2,1-2H3. The van der Waals surface area contributed by atoms with Crippen molar-refractivity contribution < 1.29 is 5.11 Å². The Labute approximate surface area is 101 Å². The Morgan fingerprint density at radius 2 is 1.65 bits per heavy atom. The number of nitrogens with two attached hydrogens (primary N) is 1. The molecule has 0 unspecified atom stereocenters. The largest absolute Gasteiger partial charge is 0.394 e. The molecular formula is C12H20N4O. The van der Waals surface area contributed by atoms with Crippen molar-refractivity contribution in [2.75, 3.05) is 6.61 Å². The van der Waals surface area contributed by atoms with Gasteiger partial charge in [-0.3, -0.25) is 0 Å². The first kappa shape index (κ1) is 13.6. The van der Waals surface area contributed by atoms with Crippen LogP contribution in [0.15, 0.2) is 24.3 Å². The lowest BCUT2D eigenvalue weighted by Gasteiger charge is -2.22. The van der Waals surface area contributed by atoms with Gasteiger partial charge in [0.25, 0.3) is 0 Å². The Bertz CT molecular complexity index is 398. The van der Waals surface area contributed by atoms with Crippen LogP contribution in [0.3, 0.4) is 0 Å². The van der Waals surface area contributed by atoms with Gasteiger partial charge in [0.05, 0.1) is 6.61 Å². The van der Waals surface area contributed by atoms with Crippen LogP contribution in [0.1, 0.15) is 26.7 Å². The second-order valence-corrected chi connectivity index (χ2v) is 4.04. The van der Waals surface area contributed by atoms with Crippen molar-refractivity contribution in [1.29, 1.82) is 0 Å². The van der Waals surface area contributed by atoms with E-state index in [4.69, 9.17) is 10.8 Å². The maximum atomic E-state index is 8.66. The van der Waals surface area contributed by atoms with E-state index in [0.717, 1.165) is 23.9 Å². The smallest absolute Gasteiger partial charge is 0.112 e. The number of aliphatic hydroxyl groups excluding tert-OH is 1. The number of nitrogens with zero attached hydrogens (tertiary/aromatic N) is 2. The van der Waals surface area contributed by atoms with Gasteiger partial charge < -0.3 is 10.8 Å². The predicted molar refractivity (Wildman–Crippen MR) is 68.5 cm³/mol. The zero-order chi connectivity index (χ0) is 12.7. The van der Waals surface area contributed by atoms with Crippen LogP contribution in [-0.2, 0) is 0 Å². The number of aromatic amines is 1. The third-order valence-electron chi connectivity index (χ3n) is 2.95. The lowest BCUT2D eigenvalue weighted by atomic mass is 9.96. The Kier molecular flexibility index (Phi) is 5.06. The lowest BCUT2D eigenvalue weighted by Crippen LogP contribution is -2.42. The van der Waals surface area contributed by atoms with Crippen LogP contribution < -0.4 is 5.73 Å². The molecule has 94 valence electrons. The molecule has 0 atom stereocenters. The fourth-order valence-corrected chi connectivity index (χ4v) is 1.26. The molecule has 0 radical (unpaired) electrons. The predicted octanol–water partition coefficient (Wildman–Crippen LogP) is 1.45. The Morgan fingerprint density at radius 3 is 1.94 bits per heavy atom. The van der Waals surface area contributed by atoms with Crippen LogP contribution in [0.5, 0.6) is 0 Å². The van der Waals surface area contributed by atoms with Crippen LogP contribution in [0.25, 0.3) is 11.0 Å². The molecule has 5 nitrogen and oxygen atoms in total. The molecule has 0 fully saturated rings. The number of nitrogens with one attached hydrogen (secondary N) is 1. The number of hydrogen-bond donors (Lipinski definition) is 3. The minimum Gasteiger partial charge on any atom is -0.394 e. The molecule has 2 rings (SSSR count). The summed E-state index contributed by atoms with van der Waals surface area (Å²) in [7, 11) is 0. The molecule has 0 aliphatic heterocycles. The number of para-hydroxylation sites is 2. The van der Waals surface area contributed by atoms with Gasteiger partial charge in [0.2, 0.25) is 0 Å². The number of fused-ring (bicyclic) bond motifs is 1. The molecule has 17 heavy (non-hydrogen) atoms. The van der Waals surface area contributed by atoms with Gasteiger partial charge in [-0.2, -0.15) is 15.4 Å². The first-order valence-electron chi connectivity index (χ1n) is 5.80. The summed E-state index contributed by atoms with van der Waals surface area (Å²) in [5.74, 6) is 0. The fraction of sp³-hybridized carbons (Fsp3) is 0.500. The number of rotatable bonds is 3. The summed E-state index contributed by atoms with van der Waals surface area (Å²) in [4.78, 5) is 0. The summed E-state index contributed by atoms with van der Waals surface area (Å²) in [5.41, 5.74) is 7.16. The molecule has 0 saturated carbocycles. The average molecular weight is 236 g/mol. The second kappa shape index (κ2) is 6.32. The Hall–Kier alpha value is -1.46. The highest BCUT2D eigenvalue weighted by molar-refractivity contribution is 5.72. The van der Waals surface area contributed by atoms with Gasteiger partial charge in [-0.1, -0.05) is 26.0 Å². The van der Waals surface area contributed by atoms with Crippen LogP contribution in [0.2, 0.25) is 0 Å². The van der Waals surface area contributed by atoms with Crippen molar-refractivity contribution in [3.8, 4) is 0 Å². The molecule has 1 aromatic carbocycles. The minimum atomic E-state index is -0.319. The average Bonchev–Trinajstić information content (AvgIpc) is 2.87. The van der Waals surface area contributed by atoms with Gasteiger partial charge in [0, 0.05) is 5.54 Å². The second-order valence-electron chi connectivity index (χ2n) is 4.04. The molecule has 0 amide bonds. The summed E-state index contributed by atoms with van der Waals surface area (Å²) in [5, 5.41) is 19.0. The quantitative estimate of drug-likeness (QED) is 0.752. The normalized spacial score (nSPS) is 11.1. The van der Waals surface area contributed by atoms with E-state index < -0.39 is 0 Å². The van der Waals surface area contributed by atoms with Crippen molar-refractivity contribution in [2.24, 2.45) is 5.73 Å². The first-order chi connectivity index (χ1) is 8.15. The van der Waals surface area contributed by atoms with Gasteiger partial charge in [-0.25, -0.2) is 0 Å². The fourth-order valence-electron chi connectivity index (χ4n) is 1.26. The lowest BCUT2D eigenvalue weighted by molar-refractivity contribution is 0.187. The maximum Gasteiger partial charge on any atom is 0.112 e. The molecular weight excluding hydrogens is 216 g/mol. The topological polar surface area (TPSA) is 87.8 Å². The van der Waals surface area contributed by atoms with Gasteiger partial charge in [-0.05, 0) is 25.0 Å². The summed E-state index contributed by atoms with van der Waals surface area (Å²) in [6, 6.07) is 7.70. The maximum absolute atomic E-state index is 8.66. The number of H-pyrrole nitrogens is 1. The summed E-state index contributed by atoms with van der Waals surface area (Å²) < 4.78 is 0. The van der Waals surface area contributed by atoms with Gasteiger partial charge in [0.1, 0.15) is 11.0 Å². The van der Waals surface area contributed by atoms with Crippen LogP contribution in [0, 0.1) is 0 Å². The van der Waals surface area contributed by atoms with E-state index in [0.29, 0.717) is 0 Å². The summed E-state index contributed by atoms with van der Waals surface area (Å²) in [6.07, 6.45) is 1.69. The van der Waals surface area contributed by atoms with Crippen LogP contribution in [-0.4, -0.2) is 32.7 Å². The van der Waals surface area contributed by atoms with Crippen LogP contribution in [0.4, 0.5) is 0 Å². The number of hydrogen-bond acceptors (Lipinski definition) is 4. The molecule has 0 bridgehead atoms. The third-order valence-corrected chi connectivity index (χ3v) is 2.95. The Morgan fingerprint density at radius 1 is 1.18 bits per heavy atom. The minimum absolute atomic E-state index is 0.0972. The van der Waals surface area contributed by atoms with Gasteiger partial charge in [-0.15, -0.1) is 0 Å². The van der Waals surface area contributed by atoms with Gasteiger partial charge in [0.15, 0.2) is 0 Å². The van der Waals surface area contributed by atoms with E-state index in [-0.39, 0.29) is 12.1 Å². The zero-order valence-corrected chi connectivity index (χ0v) is 10.3. The Balaban J connectivity index is 0.000000172. The third kappa shape index (κ3) is 3.80. The molecule has 1 aromatic heterocycles. The molecule has 0 aliphatic rings. The van der Waals surface area contributed by atoms with Crippen molar-refractivity contribution in [3.63, 3.8) is 0 Å². The van der Waals surface area contributed by atoms with E-state index in [9.17, 15) is 0 Å². The van der Waals surface area contributed by atoms with E-state index in [1.807, 2.05) is 38.1 Å². The van der Waals surface area contributed by atoms with E-state index >= 15 is 0 Å². The van der Waals surface area contributed by atoms with E-state index in [2.05, 4.69) is 15.4 Å². The first-order valence-corrected chi connectivity index (χ1v) is 5.80. The monoisotopic (exact) mass is 236 g/mol. The molecule has 0 aliphatic carbocycles. The molecule has 2 aromatic rings. The van der Waals surface area contributed by atoms with Crippen molar-refractivity contribution in [2.45, 2.75) is 32.2 Å². The van der Waals surface area contributed by atoms with Crippen LogP contribution >= 0.6 is 0 Å². The SMILES string of the molecule is CCC(N)(CC)CO.c1ccc2n[nH]nc2c1.